The number of H-pyrrole nitrogens is 1. The van der Waals surface area contributed by atoms with Crippen LogP contribution in [0.3, 0.4) is 0 Å². The van der Waals surface area contributed by atoms with Crippen LogP contribution in [-0.4, -0.2) is 18.0 Å². The fourth-order valence-electron chi connectivity index (χ4n) is 2.64. The van der Waals surface area contributed by atoms with Crippen molar-refractivity contribution < 1.29 is 9.53 Å². The van der Waals surface area contributed by atoms with Gasteiger partial charge in [0.1, 0.15) is 11.4 Å². The van der Waals surface area contributed by atoms with Crippen LogP contribution in [0.25, 0.3) is 10.9 Å². The van der Waals surface area contributed by atoms with E-state index in [1.165, 1.54) is 0 Å². The van der Waals surface area contributed by atoms with Crippen LogP contribution in [-0.2, 0) is 0 Å². The van der Waals surface area contributed by atoms with Crippen molar-refractivity contribution in [3.63, 3.8) is 0 Å². The van der Waals surface area contributed by atoms with Gasteiger partial charge in [-0.1, -0.05) is 23.7 Å². The van der Waals surface area contributed by atoms with Gasteiger partial charge in [0, 0.05) is 15.9 Å². The van der Waals surface area contributed by atoms with Crippen molar-refractivity contribution >= 4 is 34.1 Å². The maximum Gasteiger partial charge on any atom is 0.272 e. The average Bonchev–Trinajstić information content (AvgIpc) is 2.84. The molecule has 0 spiro atoms. The second-order valence-corrected chi connectivity index (χ2v) is 5.91. The first-order chi connectivity index (χ1) is 11.0. The number of rotatable bonds is 3. The second-order valence-electron chi connectivity index (χ2n) is 5.47. The van der Waals surface area contributed by atoms with Gasteiger partial charge >= 0.3 is 0 Å². The van der Waals surface area contributed by atoms with Gasteiger partial charge in [-0.05, 0) is 49.2 Å². The van der Waals surface area contributed by atoms with E-state index in [2.05, 4.69) is 10.3 Å². The lowest BCUT2D eigenvalue weighted by Crippen LogP contribution is -2.14. The Hall–Kier alpha value is -2.46. The van der Waals surface area contributed by atoms with Crippen molar-refractivity contribution in [3.05, 3.63) is 58.2 Å². The van der Waals surface area contributed by atoms with E-state index in [1.54, 1.807) is 7.11 Å². The van der Waals surface area contributed by atoms with Crippen molar-refractivity contribution in [1.82, 2.24) is 4.98 Å². The quantitative estimate of drug-likeness (QED) is 0.732. The highest BCUT2D eigenvalue weighted by Gasteiger charge is 2.16. The summed E-state index contributed by atoms with van der Waals surface area (Å²) in [7, 11) is 1.58. The Morgan fingerprint density at radius 2 is 1.96 bits per heavy atom. The lowest BCUT2D eigenvalue weighted by atomic mass is 10.1. The number of methoxy groups -OCH3 is 1. The summed E-state index contributed by atoms with van der Waals surface area (Å²) < 4.78 is 5.30. The molecule has 23 heavy (non-hydrogen) atoms. The standard InChI is InChI=1S/C18H17ClN2O2/c1-10-4-7-16(23-3)15(8-10)21-18(22)17-11(2)13-6-5-12(19)9-14(13)20-17/h4-9,20H,1-3H3,(H,21,22). The van der Waals surface area contributed by atoms with Crippen molar-refractivity contribution in [1.29, 1.82) is 0 Å². The molecule has 1 heterocycles. The Kier molecular flexibility index (Phi) is 4.01. The molecule has 1 amide bonds. The highest BCUT2D eigenvalue weighted by molar-refractivity contribution is 6.31. The number of halogens is 1. The van der Waals surface area contributed by atoms with E-state index in [-0.39, 0.29) is 5.91 Å². The topological polar surface area (TPSA) is 54.1 Å². The summed E-state index contributed by atoms with van der Waals surface area (Å²) in [6.07, 6.45) is 0. The summed E-state index contributed by atoms with van der Waals surface area (Å²) in [6.45, 7) is 3.88. The zero-order valence-corrected chi connectivity index (χ0v) is 13.9. The van der Waals surface area contributed by atoms with E-state index in [0.717, 1.165) is 22.0 Å². The van der Waals surface area contributed by atoms with Crippen LogP contribution in [0.4, 0.5) is 5.69 Å². The molecule has 2 aromatic carbocycles. The number of ether oxygens (including phenoxy) is 1. The zero-order chi connectivity index (χ0) is 16.6. The number of carbonyl (C=O) groups excluding carboxylic acids is 1. The first-order valence-electron chi connectivity index (χ1n) is 7.23. The fraction of sp³-hybridized carbons (Fsp3) is 0.167. The van der Waals surface area contributed by atoms with Crippen molar-refractivity contribution in [2.75, 3.05) is 12.4 Å². The van der Waals surface area contributed by atoms with Crippen LogP contribution in [0.1, 0.15) is 21.6 Å². The summed E-state index contributed by atoms with van der Waals surface area (Å²) in [4.78, 5) is 15.8. The first-order valence-corrected chi connectivity index (χ1v) is 7.61. The Bertz CT molecular complexity index is 899. The summed E-state index contributed by atoms with van der Waals surface area (Å²) in [5.74, 6) is 0.416. The molecular formula is C18H17ClN2O2. The lowest BCUT2D eigenvalue weighted by Gasteiger charge is -2.10. The fourth-order valence-corrected chi connectivity index (χ4v) is 2.81. The second kappa shape index (κ2) is 5.97. The maximum atomic E-state index is 12.6. The van der Waals surface area contributed by atoms with Crippen LogP contribution in [0, 0.1) is 13.8 Å². The summed E-state index contributed by atoms with van der Waals surface area (Å²) in [5, 5.41) is 4.52. The minimum atomic E-state index is -0.210. The Labute approximate surface area is 139 Å². The molecule has 0 aliphatic rings. The summed E-state index contributed by atoms with van der Waals surface area (Å²) in [5.41, 5.74) is 3.94. The third-order valence-corrected chi connectivity index (χ3v) is 4.09. The van der Waals surface area contributed by atoms with Gasteiger partial charge in [-0.3, -0.25) is 4.79 Å². The highest BCUT2D eigenvalue weighted by Crippen LogP contribution is 2.28. The third-order valence-electron chi connectivity index (χ3n) is 3.85. The number of carbonyl (C=O) groups is 1. The van der Waals surface area contributed by atoms with Gasteiger partial charge in [0.05, 0.1) is 12.8 Å². The molecule has 0 saturated carbocycles. The predicted octanol–water partition coefficient (Wildman–Crippen LogP) is 4.70. The molecule has 1 aromatic heterocycles. The van der Waals surface area contributed by atoms with Gasteiger partial charge in [0.15, 0.2) is 0 Å². The Morgan fingerprint density at radius 1 is 1.17 bits per heavy atom. The van der Waals surface area contributed by atoms with Gasteiger partial charge in [-0.25, -0.2) is 0 Å². The smallest absolute Gasteiger partial charge is 0.272 e. The van der Waals surface area contributed by atoms with Crippen molar-refractivity contribution in [2.45, 2.75) is 13.8 Å². The molecule has 0 fully saturated rings. The van der Waals surface area contributed by atoms with E-state index in [4.69, 9.17) is 16.3 Å². The number of benzene rings is 2. The number of anilines is 1. The van der Waals surface area contributed by atoms with Gasteiger partial charge in [-0.2, -0.15) is 0 Å². The van der Waals surface area contributed by atoms with Crippen molar-refractivity contribution in [3.8, 4) is 5.75 Å². The predicted molar refractivity (Wildman–Crippen MR) is 93.7 cm³/mol. The largest absolute Gasteiger partial charge is 0.495 e. The Morgan fingerprint density at radius 3 is 2.70 bits per heavy atom. The van der Waals surface area contributed by atoms with E-state index >= 15 is 0 Å². The Balaban J connectivity index is 1.98. The molecule has 0 aliphatic carbocycles. The number of aromatic nitrogens is 1. The average molecular weight is 329 g/mol. The van der Waals surface area contributed by atoms with Crippen molar-refractivity contribution in [2.24, 2.45) is 0 Å². The zero-order valence-electron chi connectivity index (χ0n) is 13.2. The number of aryl methyl sites for hydroxylation is 2. The molecule has 0 aliphatic heterocycles. The van der Waals surface area contributed by atoms with Crippen LogP contribution < -0.4 is 10.1 Å². The number of amides is 1. The minimum Gasteiger partial charge on any atom is -0.495 e. The van der Waals surface area contributed by atoms with Crippen LogP contribution in [0.2, 0.25) is 5.02 Å². The third kappa shape index (κ3) is 2.90. The van der Waals surface area contributed by atoms with E-state index < -0.39 is 0 Å². The van der Waals surface area contributed by atoms with E-state index in [0.29, 0.717) is 22.2 Å². The molecule has 3 aromatic rings. The van der Waals surface area contributed by atoms with Gasteiger partial charge in [-0.15, -0.1) is 0 Å². The molecule has 5 heteroatoms. The highest BCUT2D eigenvalue weighted by atomic mass is 35.5. The number of aromatic amines is 1. The molecule has 0 atom stereocenters. The number of hydrogen-bond donors (Lipinski definition) is 2. The molecule has 0 saturated heterocycles. The monoisotopic (exact) mass is 328 g/mol. The number of nitrogens with one attached hydrogen (secondary N) is 2. The molecule has 3 rings (SSSR count). The minimum absolute atomic E-state index is 0.210. The molecule has 4 nitrogen and oxygen atoms in total. The van der Waals surface area contributed by atoms with Gasteiger partial charge < -0.3 is 15.0 Å². The molecule has 0 unspecified atom stereocenters. The van der Waals surface area contributed by atoms with Crippen LogP contribution >= 0.6 is 11.6 Å². The normalized spacial score (nSPS) is 10.8. The molecule has 118 valence electrons. The van der Waals surface area contributed by atoms with Crippen LogP contribution in [0.15, 0.2) is 36.4 Å². The lowest BCUT2D eigenvalue weighted by molar-refractivity contribution is 0.102. The molecule has 0 bridgehead atoms. The van der Waals surface area contributed by atoms with Gasteiger partial charge in [0.25, 0.3) is 5.91 Å². The summed E-state index contributed by atoms with van der Waals surface area (Å²) in [6, 6.07) is 11.2. The van der Waals surface area contributed by atoms with E-state index in [1.807, 2.05) is 50.2 Å². The molecule has 2 N–H and O–H groups in total. The number of fused-ring (bicyclic) bond motifs is 1. The molecule has 0 radical (unpaired) electrons. The number of hydrogen-bond acceptors (Lipinski definition) is 2. The van der Waals surface area contributed by atoms with Crippen LogP contribution in [0.5, 0.6) is 5.75 Å². The SMILES string of the molecule is COc1ccc(C)cc1NC(=O)c1[nH]c2cc(Cl)ccc2c1C. The van der Waals surface area contributed by atoms with Gasteiger partial charge in [0.2, 0.25) is 0 Å². The first kappa shape index (κ1) is 15.4. The molecular weight excluding hydrogens is 312 g/mol. The summed E-state index contributed by atoms with van der Waals surface area (Å²) >= 11 is 6.01. The maximum absolute atomic E-state index is 12.6. The van der Waals surface area contributed by atoms with E-state index in [9.17, 15) is 4.79 Å².